The van der Waals surface area contributed by atoms with Gasteiger partial charge in [-0.05, 0) is 44.5 Å². The number of rotatable bonds is 4. The normalized spacial score (nSPS) is 27.6. The second kappa shape index (κ2) is 8.02. The van der Waals surface area contributed by atoms with Gasteiger partial charge in [0.15, 0.2) is 0 Å². The standard InChI is InChI=1S/C17H26N4O4S2/c1-11-14(27-20-19-11)15(24)21-6-4-17(5-7-21)10-16(2,12(22)8-25-17)18-13(23)9-26-3/h12,22H,4-10H2,1-3H3,(H,18,23)/t12-,16-/m0/s1. The number of amides is 2. The number of hydrogen-bond donors (Lipinski definition) is 2. The van der Waals surface area contributed by atoms with Crippen LogP contribution in [0.1, 0.15) is 41.6 Å². The molecule has 0 saturated carbocycles. The monoisotopic (exact) mass is 414 g/mol. The van der Waals surface area contributed by atoms with Crippen LogP contribution in [0.2, 0.25) is 0 Å². The van der Waals surface area contributed by atoms with E-state index in [9.17, 15) is 14.7 Å². The van der Waals surface area contributed by atoms with Crippen LogP contribution in [0.25, 0.3) is 0 Å². The Morgan fingerprint density at radius 2 is 2.15 bits per heavy atom. The number of hydrogen-bond acceptors (Lipinski definition) is 8. The lowest BCUT2D eigenvalue weighted by atomic mass is 9.74. The summed E-state index contributed by atoms with van der Waals surface area (Å²) in [6, 6.07) is 0. The van der Waals surface area contributed by atoms with Crippen molar-refractivity contribution in [1.82, 2.24) is 19.8 Å². The minimum absolute atomic E-state index is 0.0378. The third-order valence-electron chi connectivity index (χ3n) is 5.48. The second-order valence-corrected chi connectivity index (χ2v) is 9.19. The van der Waals surface area contributed by atoms with E-state index in [0.717, 1.165) is 11.5 Å². The van der Waals surface area contributed by atoms with Gasteiger partial charge in [-0.3, -0.25) is 9.59 Å². The second-order valence-electron chi connectivity index (χ2n) is 7.56. The first-order valence-corrected chi connectivity index (χ1v) is 11.2. The number of piperidine rings is 1. The van der Waals surface area contributed by atoms with Crippen molar-refractivity contribution in [2.45, 2.75) is 50.4 Å². The van der Waals surface area contributed by atoms with Crippen molar-refractivity contribution in [1.29, 1.82) is 0 Å². The molecular formula is C17H26N4O4S2. The average Bonchev–Trinajstić information content (AvgIpc) is 3.05. The lowest BCUT2D eigenvalue weighted by Crippen LogP contribution is -2.66. The van der Waals surface area contributed by atoms with E-state index in [1.807, 2.05) is 18.1 Å². The molecule has 0 aliphatic carbocycles. The van der Waals surface area contributed by atoms with Crippen molar-refractivity contribution in [2.75, 3.05) is 31.7 Å². The number of ether oxygens (including phenoxy) is 1. The maximum atomic E-state index is 12.7. The number of nitrogens with one attached hydrogen (secondary N) is 1. The van der Waals surface area contributed by atoms with Gasteiger partial charge in [0.05, 0.1) is 29.2 Å². The topological polar surface area (TPSA) is 105 Å². The molecule has 0 bridgehead atoms. The molecule has 1 aromatic rings. The van der Waals surface area contributed by atoms with Crippen LogP contribution in [0.5, 0.6) is 0 Å². The number of aliphatic hydroxyl groups excluding tert-OH is 1. The van der Waals surface area contributed by atoms with E-state index in [0.29, 0.717) is 48.7 Å². The SMILES string of the molecule is CSCC(=O)N[C@@]1(C)CC2(CCN(C(=O)c3snnc3C)CC2)OC[C@@H]1O. The van der Waals surface area contributed by atoms with E-state index in [-0.39, 0.29) is 18.4 Å². The van der Waals surface area contributed by atoms with Crippen molar-refractivity contribution in [3.8, 4) is 0 Å². The summed E-state index contributed by atoms with van der Waals surface area (Å²) >= 11 is 2.57. The van der Waals surface area contributed by atoms with Gasteiger partial charge in [-0.15, -0.1) is 5.10 Å². The van der Waals surface area contributed by atoms with Crippen molar-refractivity contribution in [3.63, 3.8) is 0 Å². The number of aliphatic hydroxyl groups is 1. The number of thioether (sulfide) groups is 1. The number of likely N-dealkylation sites (tertiary alicyclic amines) is 1. The fraction of sp³-hybridized carbons (Fsp3) is 0.765. The molecule has 2 amide bonds. The van der Waals surface area contributed by atoms with Crippen molar-refractivity contribution < 1.29 is 19.4 Å². The fourth-order valence-corrected chi connectivity index (χ4v) is 4.86. The summed E-state index contributed by atoms with van der Waals surface area (Å²) in [5.41, 5.74) is -0.500. The van der Waals surface area contributed by atoms with Gasteiger partial charge in [-0.25, -0.2) is 0 Å². The molecule has 2 aliphatic rings. The van der Waals surface area contributed by atoms with Crippen LogP contribution in [0.4, 0.5) is 0 Å². The molecule has 2 fully saturated rings. The summed E-state index contributed by atoms with van der Waals surface area (Å²) in [4.78, 5) is 27.2. The number of aryl methyl sites for hydroxylation is 1. The first-order chi connectivity index (χ1) is 12.8. The van der Waals surface area contributed by atoms with Crippen molar-refractivity contribution >= 4 is 35.1 Å². The molecule has 0 radical (unpaired) electrons. The Kier molecular flexibility index (Phi) is 6.09. The van der Waals surface area contributed by atoms with E-state index < -0.39 is 17.2 Å². The lowest BCUT2D eigenvalue weighted by molar-refractivity contribution is -0.178. The highest BCUT2D eigenvalue weighted by atomic mass is 32.2. The predicted molar refractivity (Wildman–Crippen MR) is 104 cm³/mol. The zero-order chi connectivity index (χ0) is 19.7. The Labute approximate surface area is 167 Å². The van der Waals surface area contributed by atoms with E-state index >= 15 is 0 Å². The molecule has 1 spiro atoms. The lowest BCUT2D eigenvalue weighted by Gasteiger charge is -2.52. The Bertz CT molecular complexity index is 705. The summed E-state index contributed by atoms with van der Waals surface area (Å²) in [5, 5.41) is 17.3. The smallest absolute Gasteiger partial charge is 0.267 e. The summed E-state index contributed by atoms with van der Waals surface area (Å²) in [5.74, 6) is 0.242. The zero-order valence-corrected chi connectivity index (χ0v) is 17.5. The Balaban J connectivity index is 1.65. The first kappa shape index (κ1) is 20.5. The fourth-order valence-electron chi connectivity index (χ4n) is 3.90. The maximum absolute atomic E-state index is 12.7. The number of aromatic nitrogens is 2. The molecule has 2 aliphatic heterocycles. The molecule has 1 aromatic heterocycles. The van der Waals surface area contributed by atoms with Crippen LogP contribution < -0.4 is 5.32 Å². The third kappa shape index (κ3) is 4.28. The first-order valence-electron chi connectivity index (χ1n) is 8.99. The van der Waals surface area contributed by atoms with Crippen LogP contribution in [0.3, 0.4) is 0 Å². The minimum Gasteiger partial charge on any atom is -0.388 e. The third-order valence-corrected chi connectivity index (χ3v) is 6.85. The zero-order valence-electron chi connectivity index (χ0n) is 15.9. The molecule has 2 saturated heterocycles. The maximum Gasteiger partial charge on any atom is 0.267 e. The van der Waals surface area contributed by atoms with Gasteiger partial charge in [-0.1, -0.05) is 4.49 Å². The number of carbonyl (C=O) groups excluding carboxylic acids is 2. The van der Waals surface area contributed by atoms with Gasteiger partial charge >= 0.3 is 0 Å². The Morgan fingerprint density at radius 3 is 2.74 bits per heavy atom. The van der Waals surface area contributed by atoms with Crippen LogP contribution in [0, 0.1) is 6.92 Å². The molecule has 8 nitrogen and oxygen atoms in total. The van der Waals surface area contributed by atoms with E-state index in [2.05, 4.69) is 14.9 Å². The molecule has 2 atom stereocenters. The highest BCUT2D eigenvalue weighted by Gasteiger charge is 2.50. The molecule has 27 heavy (non-hydrogen) atoms. The molecular weight excluding hydrogens is 388 g/mol. The molecule has 150 valence electrons. The predicted octanol–water partition coefficient (Wildman–Crippen LogP) is 0.840. The minimum atomic E-state index is -0.750. The Hall–Kier alpha value is -1.23. The molecule has 0 aromatic carbocycles. The molecule has 10 heteroatoms. The number of carbonyl (C=O) groups is 2. The Morgan fingerprint density at radius 1 is 1.44 bits per heavy atom. The average molecular weight is 415 g/mol. The van der Waals surface area contributed by atoms with E-state index in [1.54, 1.807) is 6.92 Å². The summed E-state index contributed by atoms with van der Waals surface area (Å²) < 4.78 is 9.87. The van der Waals surface area contributed by atoms with Crippen molar-refractivity contribution in [2.24, 2.45) is 0 Å². The van der Waals surface area contributed by atoms with Gasteiger partial charge in [0, 0.05) is 19.5 Å². The summed E-state index contributed by atoms with van der Waals surface area (Å²) in [6.07, 6.45) is 3.00. The van der Waals surface area contributed by atoms with E-state index in [4.69, 9.17) is 4.74 Å². The molecule has 2 N–H and O–H groups in total. The van der Waals surface area contributed by atoms with Crippen LogP contribution >= 0.6 is 23.3 Å². The highest BCUT2D eigenvalue weighted by Crippen LogP contribution is 2.40. The van der Waals surface area contributed by atoms with Gasteiger partial charge in [-0.2, -0.15) is 11.8 Å². The van der Waals surface area contributed by atoms with Gasteiger partial charge < -0.3 is 20.1 Å². The van der Waals surface area contributed by atoms with Crippen LogP contribution in [-0.4, -0.2) is 80.4 Å². The highest BCUT2D eigenvalue weighted by molar-refractivity contribution is 7.99. The van der Waals surface area contributed by atoms with Crippen LogP contribution in [-0.2, 0) is 9.53 Å². The van der Waals surface area contributed by atoms with Crippen LogP contribution in [0.15, 0.2) is 0 Å². The molecule has 3 rings (SSSR count). The number of nitrogens with zero attached hydrogens (tertiary/aromatic N) is 3. The van der Waals surface area contributed by atoms with E-state index in [1.165, 1.54) is 11.8 Å². The molecule has 3 heterocycles. The largest absolute Gasteiger partial charge is 0.388 e. The summed E-state index contributed by atoms with van der Waals surface area (Å²) in [7, 11) is 0. The summed E-state index contributed by atoms with van der Waals surface area (Å²) in [6.45, 7) is 4.99. The van der Waals surface area contributed by atoms with Gasteiger partial charge in [0.1, 0.15) is 11.0 Å². The molecule has 0 unspecified atom stereocenters. The van der Waals surface area contributed by atoms with Crippen molar-refractivity contribution in [3.05, 3.63) is 10.6 Å². The van der Waals surface area contributed by atoms with Gasteiger partial charge in [0.25, 0.3) is 5.91 Å². The quantitative estimate of drug-likeness (QED) is 0.752. The van der Waals surface area contributed by atoms with Gasteiger partial charge in [0.2, 0.25) is 5.91 Å².